The van der Waals surface area contributed by atoms with Crippen molar-refractivity contribution >= 4 is 12.6 Å². The Morgan fingerprint density at radius 1 is 1.08 bits per heavy atom. The van der Waals surface area contributed by atoms with Gasteiger partial charge < -0.3 is 9.31 Å². The molecule has 0 spiro atoms. The molecule has 1 saturated heterocycles. The number of benzene rings is 1. The van der Waals surface area contributed by atoms with Crippen LogP contribution in [0.15, 0.2) is 24.3 Å². The predicted molar refractivity (Wildman–Crippen MR) is 110 cm³/mol. The molecule has 144 valence electrons. The fourth-order valence-corrected chi connectivity index (χ4v) is 4.13. The van der Waals surface area contributed by atoms with Gasteiger partial charge in [0.25, 0.3) is 0 Å². The number of rotatable bonds is 6. The van der Waals surface area contributed by atoms with Crippen molar-refractivity contribution in [1.82, 2.24) is 4.90 Å². The lowest BCUT2D eigenvalue weighted by Gasteiger charge is -2.32. The summed E-state index contributed by atoms with van der Waals surface area (Å²) in [5.41, 5.74) is 1.92. The molecule has 0 unspecified atom stereocenters. The fraction of sp³-hybridized carbons (Fsp3) is 0.727. The lowest BCUT2D eigenvalue weighted by Crippen LogP contribution is -2.41. The van der Waals surface area contributed by atoms with Crippen LogP contribution in [0.5, 0.6) is 0 Å². The monoisotopic (exact) mass is 357 g/mol. The van der Waals surface area contributed by atoms with Crippen molar-refractivity contribution in [1.29, 1.82) is 0 Å². The molecule has 1 aliphatic carbocycles. The molecule has 1 aromatic carbocycles. The van der Waals surface area contributed by atoms with E-state index in [0.717, 1.165) is 18.0 Å². The van der Waals surface area contributed by atoms with Gasteiger partial charge in [0, 0.05) is 19.1 Å². The molecular formula is C22H36BNO2. The van der Waals surface area contributed by atoms with E-state index >= 15 is 0 Å². The molecule has 1 saturated carbocycles. The largest absolute Gasteiger partial charge is 0.494 e. The topological polar surface area (TPSA) is 21.7 Å². The van der Waals surface area contributed by atoms with Crippen molar-refractivity contribution in [2.75, 3.05) is 6.54 Å². The van der Waals surface area contributed by atoms with Crippen LogP contribution in [0.4, 0.5) is 0 Å². The molecular weight excluding hydrogens is 321 g/mol. The zero-order valence-electron chi connectivity index (χ0n) is 17.5. The van der Waals surface area contributed by atoms with E-state index in [0.29, 0.717) is 5.92 Å². The van der Waals surface area contributed by atoms with Crippen LogP contribution in [0.2, 0.25) is 0 Å². The number of hydrogen-bond donors (Lipinski definition) is 0. The van der Waals surface area contributed by atoms with Gasteiger partial charge in [0.2, 0.25) is 0 Å². The summed E-state index contributed by atoms with van der Waals surface area (Å²) >= 11 is 0. The third-order valence-electron chi connectivity index (χ3n) is 6.30. The van der Waals surface area contributed by atoms with Crippen molar-refractivity contribution in [2.24, 2.45) is 5.92 Å². The Labute approximate surface area is 160 Å². The third-order valence-corrected chi connectivity index (χ3v) is 6.30. The van der Waals surface area contributed by atoms with Crippen LogP contribution in [0.3, 0.4) is 0 Å². The second kappa shape index (κ2) is 7.65. The van der Waals surface area contributed by atoms with E-state index < -0.39 is 0 Å². The first kappa shape index (κ1) is 19.9. The Hall–Kier alpha value is -0.835. The van der Waals surface area contributed by atoms with Gasteiger partial charge in [-0.1, -0.05) is 51.0 Å². The zero-order valence-corrected chi connectivity index (χ0v) is 17.5. The van der Waals surface area contributed by atoms with Crippen LogP contribution < -0.4 is 5.46 Å². The average molecular weight is 357 g/mol. The summed E-state index contributed by atoms with van der Waals surface area (Å²) in [5, 5.41) is 0. The lowest BCUT2D eigenvalue weighted by atomic mass is 9.78. The number of nitrogens with zero attached hydrogens (tertiary/aromatic N) is 1. The highest BCUT2D eigenvalue weighted by molar-refractivity contribution is 6.62. The van der Waals surface area contributed by atoms with Crippen LogP contribution >= 0.6 is 0 Å². The van der Waals surface area contributed by atoms with Crippen LogP contribution in [0.1, 0.15) is 72.8 Å². The molecule has 0 amide bonds. The molecule has 0 N–H and O–H groups in total. The second-order valence-corrected chi connectivity index (χ2v) is 9.59. The third kappa shape index (κ3) is 4.35. The molecule has 0 atom stereocenters. The maximum absolute atomic E-state index is 6.24. The van der Waals surface area contributed by atoms with E-state index in [-0.39, 0.29) is 18.3 Å². The summed E-state index contributed by atoms with van der Waals surface area (Å²) in [6, 6.07) is 9.56. The molecule has 0 aromatic heterocycles. The molecule has 4 heteroatoms. The molecule has 2 fully saturated rings. The van der Waals surface area contributed by atoms with Gasteiger partial charge in [-0.25, -0.2) is 0 Å². The normalized spacial score (nSPS) is 22.7. The predicted octanol–water partition coefficient (Wildman–Crippen LogP) is 4.39. The smallest absolute Gasteiger partial charge is 0.399 e. The van der Waals surface area contributed by atoms with Crippen LogP contribution in [0.25, 0.3) is 0 Å². The first-order valence-corrected chi connectivity index (χ1v) is 10.4. The van der Waals surface area contributed by atoms with Crippen molar-refractivity contribution < 1.29 is 9.31 Å². The van der Waals surface area contributed by atoms with Gasteiger partial charge >= 0.3 is 7.12 Å². The molecule has 1 aromatic rings. The van der Waals surface area contributed by atoms with Gasteiger partial charge in [-0.3, -0.25) is 4.90 Å². The average Bonchev–Trinajstić information content (AvgIpc) is 3.13. The Balaban J connectivity index is 1.74. The molecule has 3 rings (SSSR count). The minimum absolute atomic E-state index is 0.273. The second-order valence-electron chi connectivity index (χ2n) is 9.59. The maximum Gasteiger partial charge on any atom is 0.494 e. The van der Waals surface area contributed by atoms with E-state index in [1.807, 2.05) is 0 Å². The highest BCUT2D eigenvalue weighted by atomic mass is 16.7. The quantitative estimate of drug-likeness (QED) is 0.705. The molecule has 0 radical (unpaired) electrons. The van der Waals surface area contributed by atoms with Gasteiger partial charge in [0.15, 0.2) is 0 Å². The van der Waals surface area contributed by atoms with Crippen LogP contribution in [0, 0.1) is 5.92 Å². The molecule has 26 heavy (non-hydrogen) atoms. The summed E-state index contributed by atoms with van der Waals surface area (Å²) in [7, 11) is -0.273. The maximum atomic E-state index is 6.24. The van der Waals surface area contributed by atoms with Crippen LogP contribution in [-0.4, -0.2) is 35.8 Å². The fourth-order valence-electron chi connectivity index (χ4n) is 4.13. The summed E-state index contributed by atoms with van der Waals surface area (Å²) in [6.45, 7) is 15.3. The molecule has 3 nitrogen and oxygen atoms in total. The van der Waals surface area contributed by atoms with E-state index in [2.05, 4.69) is 70.7 Å². The highest BCUT2D eigenvalue weighted by Crippen LogP contribution is 2.36. The summed E-state index contributed by atoms with van der Waals surface area (Å²) < 4.78 is 12.5. The van der Waals surface area contributed by atoms with E-state index in [1.54, 1.807) is 0 Å². The van der Waals surface area contributed by atoms with E-state index in [1.165, 1.54) is 37.8 Å². The van der Waals surface area contributed by atoms with Crippen LogP contribution in [-0.2, 0) is 15.9 Å². The number of hydrogen-bond acceptors (Lipinski definition) is 3. The zero-order chi connectivity index (χ0) is 18.9. The molecule has 1 aliphatic heterocycles. The van der Waals surface area contributed by atoms with Crippen molar-refractivity contribution in [2.45, 2.75) is 91.0 Å². The SMILES string of the molecule is CC(C)CN(Cc1cccc(B2OC(C)(C)C(C)(C)O2)c1)C1CCCC1. The van der Waals surface area contributed by atoms with E-state index in [9.17, 15) is 0 Å². The summed E-state index contributed by atoms with van der Waals surface area (Å²) in [6.07, 6.45) is 5.47. The Morgan fingerprint density at radius 3 is 2.27 bits per heavy atom. The van der Waals surface area contributed by atoms with Crippen molar-refractivity contribution in [3.8, 4) is 0 Å². The van der Waals surface area contributed by atoms with Gasteiger partial charge in [-0.2, -0.15) is 0 Å². The van der Waals surface area contributed by atoms with Gasteiger partial charge in [-0.05, 0) is 57.5 Å². The first-order chi connectivity index (χ1) is 12.2. The standard InChI is InChI=1S/C22H36BNO2/c1-17(2)15-24(20-12-7-8-13-20)16-18-10-9-11-19(14-18)23-25-21(3,4)22(5,6)26-23/h9-11,14,17,20H,7-8,12-13,15-16H2,1-6H3. The summed E-state index contributed by atoms with van der Waals surface area (Å²) in [4.78, 5) is 2.70. The minimum Gasteiger partial charge on any atom is -0.399 e. The van der Waals surface area contributed by atoms with Crippen molar-refractivity contribution in [3.05, 3.63) is 29.8 Å². The van der Waals surface area contributed by atoms with E-state index in [4.69, 9.17) is 9.31 Å². The van der Waals surface area contributed by atoms with Gasteiger partial charge in [0.1, 0.15) is 0 Å². The molecule has 2 aliphatic rings. The Kier molecular flexibility index (Phi) is 5.86. The molecule has 0 bridgehead atoms. The molecule has 1 heterocycles. The van der Waals surface area contributed by atoms with Crippen molar-refractivity contribution in [3.63, 3.8) is 0 Å². The highest BCUT2D eigenvalue weighted by Gasteiger charge is 2.51. The minimum atomic E-state index is -0.290. The van der Waals surface area contributed by atoms with Gasteiger partial charge in [-0.15, -0.1) is 0 Å². The first-order valence-electron chi connectivity index (χ1n) is 10.4. The summed E-state index contributed by atoms with van der Waals surface area (Å²) in [5.74, 6) is 0.696. The Morgan fingerprint density at radius 2 is 1.69 bits per heavy atom. The lowest BCUT2D eigenvalue weighted by molar-refractivity contribution is 0.00578. The Bertz CT molecular complexity index is 592. The van der Waals surface area contributed by atoms with Gasteiger partial charge in [0.05, 0.1) is 11.2 Å².